The van der Waals surface area contributed by atoms with E-state index in [1.54, 1.807) is 0 Å². The summed E-state index contributed by atoms with van der Waals surface area (Å²) in [6.07, 6.45) is 10.9. The minimum absolute atomic E-state index is 0.504. The summed E-state index contributed by atoms with van der Waals surface area (Å²) in [7, 11) is 0. The van der Waals surface area contributed by atoms with E-state index in [2.05, 4.69) is 16.5 Å². The van der Waals surface area contributed by atoms with Crippen LogP contribution in [0.3, 0.4) is 0 Å². The molecule has 1 unspecified atom stereocenters. The van der Waals surface area contributed by atoms with E-state index in [1.807, 2.05) is 11.8 Å². The molecule has 1 saturated heterocycles. The Balaban J connectivity index is 1.64. The number of thioether (sulfide) groups is 1. The van der Waals surface area contributed by atoms with Crippen molar-refractivity contribution < 1.29 is 0 Å². The van der Waals surface area contributed by atoms with Crippen LogP contribution in [0.5, 0.6) is 0 Å². The lowest BCUT2D eigenvalue weighted by atomic mass is 9.91. The van der Waals surface area contributed by atoms with Crippen LogP contribution in [0.25, 0.3) is 0 Å². The van der Waals surface area contributed by atoms with Crippen molar-refractivity contribution >= 4 is 11.8 Å². The Morgan fingerprint density at radius 1 is 1.29 bits per heavy atom. The highest BCUT2D eigenvalue weighted by Gasteiger charge is 2.45. The highest BCUT2D eigenvalue weighted by molar-refractivity contribution is 7.98. The highest BCUT2D eigenvalue weighted by Crippen LogP contribution is 2.40. The molecule has 2 aliphatic carbocycles. The van der Waals surface area contributed by atoms with Gasteiger partial charge in [-0.3, -0.25) is 4.90 Å². The minimum atomic E-state index is 0.504. The lowest BCUT2D eigenvalue weighted by Crippen LogP contribution is -2.64. The molecular weight excluding hydrogens is 228 g/mol. The third-order valence-corrected chi connectivity index (χ3v) is 5.56. The summed E-state index contributed by atoms with van der Waals surface area (Å²) in [5.74, 6) is 2.32. The number of hydrogen-bond donors (Lipinski definition) is 1. The zero-order valence-electron chi connectivity index (χ0n) is 11.1. The fraction of sp³-hybridized carbons (Fsp3) is 1.00. The van der Waals surface area contributed by atoms with E-state index in [4.69, 9.17) is 0 Å². The predicted octanol–water partition coefficient (Wildman–Crippen LogP) is 2.35. The van der Waals surface area contributed by atoms with E-state index in [0.29, 0.717) is 5.54 Å². The third kappa shape index (κ3) is 2.66. The van der Waals surface area contributed by atoms with Gasteiger partial charge in [0.05, 0.1) is 0 Å². The van der Waals surface area contributed by atoms with Gasteiger partial charge >= 0.3 is 0 Å². The zero-order chi connectivity index (χ0) is 11.7. The maximum Gasteiger partial charge on any atom is 0.0309 e. The van der Waals surface area contributed by atoms with Crippen LogP contribution in [0.1, 0.15) is 38.5 Å². The van der Waals surface area contributed by atoms with E-state index in [-0.39, 0.29) is 0 Å². The molecule has 0 aromatic carbocycles. The largest absolute Gasteiger partial charge is 0.308 e. The lowest BCUT2D eigenvalue weighted by molar-refractivity contribution is 0.0752. The first-order chi connectivity index (χ1) is 8.33. The maximum atomic E-state index is 3.92. The first-order valence-corrected chi connectivity index (χ1v) is 8.70. The second kappa shape index (κ2) is 5.10. The number of nitrogens with one attached hydrogen (secondary N) is 1. The fourth-order valence-corrected chi connectivity index (χ4v) is 4.22. The van der Waals surface area contributed by atoms with E-state index in [1.165, 1.54) is 63.9 Å². The van der Waals surface area contributed by atoms with Crippen LogP contribution in [0, 0.1) is 5.92 Å². The molecule has 1 aliphatic heterocycles. The minimum Gasteiger partial charge on any atom is -0.308 e. The topological polar surface area (TPSA) is 15.3 Å². The van der Waals surface area contributed by atoms with Crippen molar-refractivity contribution in [3.63, 3.8) is 0 Å². The molecule has 3 fully saturated rings. The third-order valence-electron chi connectivity index (χ3n) is 4.97. The van der Waals surface area contributed by atoms with Crippen molar-refractivity contribution in [2.45, 2.75) is 50.1 Å². The maximum absolute atomic E-state index is 3.92. The average Bonchev–Trinajstić information content (AvgIpc) is 3.09. The Labute approximate surface area is 110 Å². The molecule has 0 aromatic rings. The van der Waals surface area contributed by atoms with Crippen molar-refractivity contribution in [2.24, 2.45) is 5.92 Å². The molecule has 0 aromatic heterocycles. The molecule has 98 valence electrons. The van der Waals surface area contributed by atoms with Gasteiger partial charge in [-0.15, -0.1) is 0 Å². The van der Waals surface area contributed by atoms with Gasteiger partial charge in [0.15, 0.2) is 0 Å². The molecule has 3 rings (SSSR count). The summed E-state index contributed by atoms with van der Waals surface area (Å²) in [6, 6.07) is 0.855. The summed E-state index contributed by atoms with van der Waals surface area (Å²) in [4.78, 5) is 2.83. The van der Waals surface area contributed by atoms with Crippen molar-refractivity contribution in [3.8, 4) is 0 Å². The van der Waals surface area contributed by atoms with Crippen LogP contribution in [0.15, 0.2) is 0 Å². The number of nitrogens with zero attached hydrogens (tertiary/aromatic N) is 1. The van der Waals surface area contributed by atoms with E-state index in [9.17, 15) is 0 Å². The quantitative estimate of drug-likeness (QED) is 0.829. The molecule has 0 bridgehead atoms. The SMILES string of the molecule is CSCCN1CC2(CCCC2)NCC1C1CC1. The van der Waals surface area contributed by atoms with Crippen LogP contribution in [-0.2, 0) is 0 Å². The van der Waals surface area contributed by atoms with Crippen molar-refractivity contribution in [1.82, 2.24) is 10.2 Å². The molecule has 1 heterocycles. The molecule has 1 atom stereocenters. The van der Waals surface area contributed by atoms with Crippen LogP contribution < -0.4 is 5.32 Å². The van der Waals surface area contributed by atoms with Gasteiger partial charge in [0.25, 0.3) is 0 Å². The van der Waals surface area contributed by atoms with Gasteiger partial charge in [-0.05, 0) is 37.9 Å². The molecule has 2 saturated carbocycles. The van der Waals surface area contributed by atoms with E-state index < -0.39 is 0 Å². The highest BCUT2D eigenvalue weighted by atomic mass is 32.2. The summed E-state index contributed by atoms with van der Waals surface area (Å²) in [5, 5.41) is 3.92. The molecule has 3 heteroatoms. The van der Waals surface area contributed by atoms with Crippen molar-refractivity contribution in [3.05, 3.63) is 0 Å². The molecule has 0 amide bonds. The number of rotatable bonds is 4. The molecule has 17 heavy (non-hydrogen) atoms. The van der Waals surface area contributed by atoms with Gasteiger partial charge in [-0.2, -0.15) is 11.8 Å². The van der Waals surface area contributed by atoms with Crippen LogP contribution >= 0.6 is 11.8 Å². The van der Waals surface area contributed by atoms with Crippen LogP contribution in [-0.4, -0.2) is 48.1 Å². The molecule has 1 N–H and O–H groups in total. The average molecular weight is 254 g/mol. The van der Waals surface area contributed by atoms with E-state index in [0.717, 1.165) is 12.0 Å². The standard InChI is InChI=1S/C14H26N2S/c1-17-9-8-16-11-14(6-2-3-7-14)15-10-13(16)12-4-5-12/h12-13,15H,2-11H2,1H3. The summed E-state index contributed by atoms with van der Waals surface area (Å²) >= 11 is 2.00. The van der Waals surface area contributed by atoms with Crippen molar-refractivity contribution in [1.29, 1.82) is 0 Å². The van der Waals surface area contributed by atoms with Gasteiger partial charge in [0.1, 0.15) is 0 Å². The molecule has 2 nitrogen and oxygen atoms in total. The van der Waals surface area contributed by atoms with Crippen LogP contribution in [0.2, 0.25) is 0 Å². The van der Waals surface area contributed by atoms with Gasteiger partial charge in [0, 0.05) is 37.0 Å². The molecule has 3 aliphatic rings. The van der Waals surface area contributed by atoms with Gasteiger partial charge in [0.2, 0.25) is 0 Å². The Bertz CT molecular complexity index is 259. The zero-order valence-corrected chi connectivity index (χ0v) is 11.9. The Morgan fingerprint density at radius 3 is 2.71 bits per heavy atom. The Morgan fingerprint density at radius 2 is 2.06 bits per heavy atom. The monoisotopic (exact) mass is 254 g/mol. The van der Waals surface area contributed by atoms with Crippen molar-refractivity contribution in [2.75, 3.05) is 31.6 Å². The Kier molecular flexibility index (Phi) is 3.69. The molecule has 1 spiro atoms. The lowest BCUT2D eigenvalue weighted by Gasteiger charge is -2.46. The number of piperazine rings is 1. The first-order valence-electron chi connectivity index (χ1n) is 7.31. The van der Waals surface area contributed by atoms with Gasteiger partial charge in [-0.1, -0.05) is 12.8 Å². The molecule has 0 radical (unpaired) electrons. The van der Waals surface area contributed by atoms with Gasteiger partial charge < -0.3 is 5.32 Å². The number of hydrogen-bond acceptors (Lipinski definition) is 3. The summed E-state index contributed by atoms with van der Waals surface area (Å²) in [6.45, 7) is 3.90. The fourth-order valence-electron chi connectivity index (χ4n) is 3.80. The summed E-state index contributed by atoms with van der Waals surface area (Å²) in [5.41, 5.74) is 0.504. The predicted molar refractivity (Wildman–Crippen MR) is 75.7 cm³/mol. The second-order valence-electron chi connectivity index (χ2n) is 6.24. The second-order valence-corrected chi connectivity index (χ2v) is 7.22. The Hall–Kier alpha value is 0.270. The van der Waals surface area contributed by atoms with Crippen LogP contribution in [0.4, 0.5) is 0 Å². The normalized spacial score (nSPS) is 33.4. The summed E-state index contributed by atoms with van der Waals surface area (Å²) < 4.78 is 0. The molecular formula is C14H26N2S. The van der Waals surface area contributed by atoms with E-state index >= 15 is 0 Å². The van der Waals surface area contributed by atoms with Gasteiger partial charge in [-0.25, -0.2) is 0 Å². The smallest absolute Gasteiger partial charge is 0.0309 e. The first kappa shape index (κ1) is 12.3.